The highest BCUT2D eigenvalue weighted by molar-refractivity contribution is 6.16. The molecule has 0 aromatic heterocycles. The lowest BCUT2D eigenvalue weighted by atomic mass is 11.2. The van der Waals surface area contributed by atoms with E-state index in [2.05, 4.69) is 4.89 Å². The minimum atomic E-state index is 0.933. The Morgan fingerprint density at radius 3 is 2.40 bits per heavy atom. The maximum Gasteiger partial charge on any atom is 0.120 e. The van der Waals surface area contributed by atoms with Crippen LogP contribution in [0.2, 0.25) is 0 Å². The van der Waals surface area contributed by atoms with Gasteiger partial charge in [-0.3, -0.25) is 0 Å². The Hall–Kier alpha value is -0.283. The van der Waals surface area contributed by atoms with E-state index >= 15 is 0 Å². The predicted molar refractivity (Wildman–Crippen MR) is 22.8 cm³/mol. The molecular weight excluding hydrogens is 84.1 g/mol. The first-order chi connectivity index (χ1) is 2.41. The molecule has 0 atom stereocenters. The van der Waals surface area contributed by atoms with Gasteiger partial charge in [0.2, 0.25) is 0 Å². The lowest BCUT2D eigenvalue weighted by molar-refractivity contribution is -0.186. The predicted octanol–water partition coefficient (Wildman–Crippen LogP) is -0.687. The first kappa shape index (κ1) is 4.72. The third-order valence-electron chi connectivity index (χ3n) is 0.197. The molecule has 30 valence electrons. The summed E-state index contributed by atoms with van der Waals surface area (Å²) in [5.74, 6) is 0. The molecule has 0 aliphatic rings. The van der Waals surface area contributed by atoms with Gasteiger partial charge in [-0.2, -0.15) is 0 Å². The van der Waals surface area contributed by atoms with Crippen molar-refractivity contribution in [1.29, 1.82) is 0 Å². The van der Waals surface area contributed by atoms with E-state index in [-0.39, 0.29) is 0 Å². The highest BCUT2D eigenvalue weighted by atomic mass is 28.1. The maximum atomic E-state index is 7.50. The van der Waals surface area contributed by atoms with Crippen LogP contribution < -0.4 is 0 Å². The lowest BCUT2D eigenvalue weighted by Gasteiger charge is -1.73. The van der Waals surface area contributed by atoms with Crippen molar-refractivity contribution in [2.75, 3.05) is 0 Å². The molecule has 0 spiro atoms. The van der Waals surface area contributed by atoms with Crippen LogP contribution in [-0.4, -0.2) is 15.5 Å². The summed E-state index contributed by atoms with van der Waals surface area (Å²) < 4.78 is 0. The molecule has 0 amide bonds. The van der Waals surface area contributed by atoms with Crippen molar-refractivity contribution >= 4 is 10.2 Å². The Kier molecular flexibility index (Phi) is 3.51. The molecule has 0 fully saturated rings. The van der Waals surface area contributed by atoms with Crippen molar-refractivity contribution < 1.29 is 10.1 Å². The minimum absolute atomic E-state index is 0.933. The van der Waals surface area contributed by atoms with E-state index in [0.717, 1.165) is 10.2 Å². The molecule has 0 radical (unpaired) electrons. The Balaban J connectivity index is 2.62. The molecule has 0 unspecified atom stereocenters. The second-order valence-electron chi connectivity index (χ2n) is 0.575. The van der Waals surface area contributed by atoms with Gasteiger partial charge in [0.1, 0.15) is 6.26 Å². The van der Waals surface area contributed by atoms with Gasteiger partial charge in [-0.15, -0.1) is 0 Å². The molecule has 0 aromatic carbocycles. The average Bonchev–Trinajstić information content (AvgIpc) is 1.41. The van der Waals surface area contributed by atoms with Crippen LogP contribution >= 0.6 is 0 Å². The molecule has 3 heteroatoms. The summed E-state index contributed by atoms with van der Waals surface area (Å²) in [7, 11) is 0.933. The second-order valence-corrected chi connectivity index (χ2v) is 1.24. The van der Waals surface area contributed by atoms with E-state index in [9.17, 15) is 0 Å². The van der Waals surface area contributed by atoms with Gasteiger partial charge in [0, 0.05) is 10.2 Å². The van der Waals surface area contributed by atoms with Gasteiger partial charge in [-0.05, 0) is 0 Å². The summed E-state index contributed by atoms with van der Waals surface area (Å²) in [5.41, 5.74) is 1.72. The van der Waals surface area contributed by atoms with E-state index in [1.165, 1.54) is 6.26 Å². The van der Waals surface area contributed by atoms with Gasteiger partial charge in [0.15, 0.2) is 0 Å². The van der Waals surface area contributed by atoms with Gasteiger partial charge in [0.25, 0.3) is 0 Å². The van der Waals surface area contributed by atoms with Crippen molar-refractivity contribution in [2.24, 2.45) is 0 Å². The van der Waals surface area contributed by atoms with Crippen LogP contribution in [0.4, 0.5) is 0 Å². The van der Waals surface area contributed by atoms with Crippen LogP contribution in [0, 0.1) is 0 Å². The van der Waals surface area contributed by atoms with Crippen molar-refractivity contribution in [3.05, 3.63) is 12.0 Å². The van der Waals surface area contributed by atoms with E-state index in [1.54, 1.807) is 5.70 Å². The van der Waals surface area contributed by atoms with E-state index < -0.39 is 0 Å². The van der Waals surface area contributed by atoms with Crippen molar-refractivity contribution in [2.45, 2.75) is 0 Å². The standard InChI is InChI=1S/C2H6O2Si/c3-4-1-2-5/h1-3H,5H3. The highest BCUT2D eigenvalue weighted by Gasteiger charge is 1.49. The maximum absolute atomic E-state index is 7.50. The summed E-state index contributed by atoms with van der Waals surface area (Å²) in [6, 6.07) is 0. The molecule has 0 heterocycles. The average molecular weight is 90.2 g/mol. The Labute approximate surface area is 33.4 Å². The Bertz CT molecular complexity index is 34.6. The number of rotatable bonds is 1. The molecule has 0 aliphatic heterocycles. The third kappa shape index (κ3) is 3.72. The largest absolute Gasteiger partial charge is 0.349 e. The van der Waals surface area contributed by atoms with Gasteiger partial charge >= 0.3 is 0 Å². The molecule has 0 bridgehead atoms. The Morgan fingerprint density at radius 2 is 2.40 bits per heavy atom. The van der Waals surface area contributed by atoms with E-state index in [0.29, 0.717) is 0 Å². The first-order valence-electron chi connectivity index (χ1n) is 1.33. The zero-order valence-corrected chi connectivity index (χ0v) is 5.01. The smallest absolute Gasteiger partial charge is 0.120 e. The molecular formula is C2H6O2Si. The van der Waals surface area contributed by atoms with Crippen molar-refractivity contribution in [1.82, 2.24) is 0 Å². The quantitative estimate of drug-likeness (QED) is 0.200. The molecule has 1 N–H and O–H groups in total. The summed E-state index contributed by atoms with van der Waals surface area (Å²) in [6.07, 6.45) is 1.24. The van der Waals surface area contributed by atoms with Crippen LogP contribution in [-0.2, 0) is 4.89 Å². The molecule has 5 heavy (non-hydrogen) atoms. The van der Waals surface area contributed by atoms with Gasteiger partial charge in [-0.1, -0.05) is 5.70 Å². The molecule has 0 saturated carbocycles. The van der Waals surface area contributed by atoms with Crippen LogP contribution in [0.15, 0.2) is 12.0 Å². The van der Waals surface area contributed by atoms with Crippen LogP contribution in [0.1, 0.15) is 0 Å². The fourth-order valence-corrected chi connectivity index (χ4v) is 0.183. The molecule has 0 aromatic rings. The van der Waals surface area contributed by atoms with Gasteiger partial charge in [-0.25, -0.2) is 5.26 Å². The SMILES string of the molecule is OOC=C[SiH3]. The van der Waals surface area contributed by atoms with Crippen LogP contribution in [0.5, 0.6) is 0 Å². The third-order valence-corrected chi connectivity index (χ3v) is 0.469. The lowest BCUT2D eigenvalue weighted by Crippen LogP contribution is -1.62. The molecule has 2 nitrogen and oxygen atoms in total. The summed E-state index contributed by atoms with van der Waals surface area (Å²) in [4.78, 5) is 3.55. The molecule has 0 rings (SSSR count). The second kappa shape index (κ2) is 3.72. The number of hydrogen-bond acceptors (Lipinski definition) is 2. The van der Waals surface area contributed by atoms with Gasteiger partial charge in [0.05, 0.1) is 0 Å². The van der Waals surface area contributed by atoms with E-state index in [4.69, 9.17) is 5.26 Å². The zero-order valence-electron chi connectivity index (χ0n) is 3.01. The monoisotopic (exact) mass is 90.0 g/mol. The zero-order chi connectivity index (χ0) is 4.12. The highest BCUT2D eigenvalue weighted by Crippen LogP contribution is 1.59. The Morgan fingerprint density at radius 1 is 1.80 bits per heavy atom. The van der Waals surface area contributed by atoms with Crippen LogP contribution in [0.25, 0.3) is 0 Å². The summed E-state index contributed by atoms with van der Waals surface area (Å²) in [5, 5.41) is 7.50. The molecule has 0 aliphatic carbocycles. The normalized spacial score (nSPS) is 9.80. The minimum Gasteiger partial charge on any atom is -0.349 e. The molecule has 0 saturated heterocycles. The van der Waals surface area contributed by atoms with Crippen molar-refractivity contribution in [3.8, 4) is 0 Å². The fraction of sp³-hybridized carbons (Fsp3) is 0. The van der Waals surface area contributed by atoms with E-state index in [1.807, 2.05) is 0 Å². The van der Waals surface area contributed by atoms with Crippen molar-refractivity contribution in [3.63, 3.8) is 0 Å². The van der Waals surface area contributed by atoms with Crippen LogP contribution in [0.3, 0.4) is 0 Å². The fourth-order valence-electron chi connectivity index (χ4n) is 0.0609. The summed E-state index contributed by atoms with van der Waals surface area (Å²) in [6.45, 7) is 0. The first-order valence-corrected chi connectivity index (χ1v) is 2.48. The van der Waals surface area contributed by atoms with Gasteiger partial charge < -0.3 is 4.89 Å². The number of hydrogen-bond donors (Lipinski definition) is 1. The topological polar surface area (TPSA) is 29.5 Å². The summed E-state index contributed by atoms with van der Waals surface area (Å²) >= 11 is 0.